The van der Waals surface area contributed by atoms with Crippen molar-refractivity contribution in [1.29, 1.82) is 0 Å². The molecule has 0 aliphatic carbocycles. The van der Waals surface area contributed by atoms with E-state index in [0.29, 0.717) is 21.4 Å². The van der Waals surface area contributed by atoms with Gasteiger partial charge in [-0.1, -0.05) is 18.7 Å². The summed E-state index contributed by atoms with van der Waals surface area (Å²) in [5.74, 6) is -0.334. The molecule has 7 nitrogen and oxygen atoms in total. The number of hydrogen-bond acceptors (Lipinski definition) is 5. The van der Waals surface area contributed by atoms with E-state index in [9.17, 15) is 14.0 Å². The predicted molar refractivity (Wildman–Crippen MR) is 146 cm³/mol. The number of nitrogens with one attached hydrogen (secondary N) is 2. The molecule has 0 spiro atoms. The highest BCUT2D eigenvalue weighted by Gasteiger charge is 2.20. The van der Waals surface area contributed by atoms with E-state index in [4.69, 9.17) is 4.98 Å². The Morgan fingerprint density at radius 3 is 2.68 bits per heavy atom. The van der Waals surface area contributed by atoms with Gasteiger partial charge in [-0.2, -0.15) is 0 Å². The second-order valence-electron chi connectivity index (χ2n) is 9.09. The first kappa shape index (κ1) is 24.9. The number of halogens is 1. The number of benzene rings is 2. The summed E-state index contributed by atoms with van der Waals surface area (Å²) < 4.78 is 15.6. The van der Waals surface area contributed by atoms with Gasteiger partial charge < -0.3 is 5.32 Å². The fourth-order valence-electron chi connectivity index (χ4n) is 4.54. The molecule has 0 radical (unpaired) electrons. The number of thiophene rings is 1. The maximum Gasteiger partial charge on any atom is 0.268 e. The number of likely N-dealkylation sites (tertiary alicyclic amines) is 1. The van der Waals surface area contributed by atoms with Crippen LogP contribution in [0.2, 0.25) is 0 Å². The molecule has 2 N–H and O–H groups in total. The number of carbonyl (C=O) groups excluding carboxylic acids is 2. The van der Waals surface area contributed by atoms with E-state index in [1.807, 2.05) is 28.8 Å². The van der Waals surface area contributed by atoms with Gasteiger partial charge >= 0.3 is 0 Å². The van der Waals surface area contributed by atoms with Gasteiger partial charge in [0.1, 0.15) is 6.17 Å². The number of anilines is 2. The highest BCUT2D eigenvalue weighted by atomic mass is 32.1. The molecular weight excluding hydrogens is 489 g/mol. The van der Waals surface area contributed by atoms with Gasteiger partial charge in [0.2, 0.25) is 11.9 Å². The van der Waals surface area contributed by atoms with Crippen molar-refractivity contribution in [3.8, 4) is 5.69 Å². The average Bonchev–Trinajstić information content (AvgIpc) is 3.64. The summed E-state index contributed by atoms with van der Waals surface area (Å²) in [6.45, 7) is 7.99. The topological polar surface area (TPSA) is 79.3 Å². The van der Waals surface area contributed by atoms with Crippen molar-refractivity contribution in [2.75, 3.05) is 23.7 Å². The molecule has 2 amide bonds. The number of alkyl halides is 1. The van der Waals surface area contributed by atoms with Crippen LogP contribution in [0.4, 0.5) is 16.0 Å². The third-order valence-electron chi connectivity index (χ3n) is 6.35. The molecule has 0 bridgehead atoms. The van der Waals surface area contributed by atoms with Crippen LogP contribution in [-0.2, 0) is 11.3 Å². The molecule has 2 aromatic carbocycles. The number of imidazole rings is 1. The molecule has 1 aliphatic rings. The minimum Gasteiger partial charge on any atom is -0.322 e. The van der Waals surface area contributed by atoms with E-state index in [1.165, 1.54) is 25.8 Å². The maximum absolute atomic E-state index is 13.7. The third-order valence-corrected chi connectivity index (χ3v) is 7.59. The number of fused-ring (bicyclic) bond motifs is 1. The number of aromatic nitrogens is 2. The van der Waals surface area contributed by atoms with Crippen molar-refractivity contribution in [1.82, 2.24) is 14.5 Å². The zero-order valence-corrected chi connectivity index (χ0v) is 21.4. The van der Waals surface area contributed by atoms with Crippen molar-refractivity contribution >= 4 is 45.8 Å². The van der Waals surface area contributed by atoms with E-state index >= 15 is 0 Å². The van der Waals surface area contributed by atoms with E-state index in [1.54, 1.807) is 18.2 Å². The molecule has 9 heteroatoms. The molecule has 4 aromatic rings. The van der Waals surface area contributed by atoms with Crippen LogP contribution < -0.4 is 10.6 Å². The van der Waals surface area contributed by atoms with Crippen LogP contribution in [-0.4, -0.2) is 39.4 Å². The Hall–Kier alpha value is -3.82. The van der Waals surface area contributed by atoms with Crippen molar-refractivity contribution < 1.29 is 14.0 Å². The van der Waals surface area contributed by atoms with Gasteiger partial charge in [0.15, 0.2) is 0 Å². The second kappa shape index (κ2) is 10.7. The summed E-state index contributed by atoms with van der Waals surface area (Å²) in [6, 6.07) is 16.7. The Morgan fingerprint density at radius 1 is 1.14 bits per heavy atom. The Bertz CT molecular complexity index is 1470. The van der Waals surface area contributed by atoms with E-state index in [-0.39, 0.29) is 11.8 Å². The van der Waals surface area contributed by atoms with Crippen molar-refractivity contribution in [3.05, 3.63) is 82.6 Å². The SMILES string of the molecule is C=CC(=O)Nc1cccc(-n2c(NC(=O)c3ccc(C(C)F)s3)nc3cc(CN4CCCC4)ccc32)c1. The first-order valence-corrected chi connectivity index (χ1v) is 13.1. The molecular formula is C28H28FN5O2S. The van der Waals surface area contributed by atoms with E-state index in [2.05, 4.69) is 34.2 Å². The molecule has 37 heavy (non-hydrogen) atoms. The Balaban J connectivity index is 1.54. The van der Waals surface area contributed by atoms with Gasteiger partial charge in [0.05, 0.1) is 21.6 Å². The van der Waals surface area contributed by atoms with Crippen LogP contribution >= 0.6 is 11.3 Å². The van der Waals surface area contributed by atoms with E-state index < -0.39 is 6.17 Å². The van der Waals surface area contributed by atoms with Crippen molar-refractivity contribution in [3.63, 3.8) is 0 Å². The minimum atomic E-state index is -1.14. The van der Waals surface area contributed by atoms with Gasteiger partial charge in [-0.15, -0.1) is 11.3 Å². The summed E-state index contributed by atoms with van der Waals surface area (Å²) >= 11 is 1.12. The molecule has 1 aliphatic heterocycles. The maximum atomic E-state index is 13.7. The molecule has 190 valence electrons. The van der Waals surface area contributed by atoms with Gasteiger partial charge in [0.25, 0.3) is 5.91 Å². The zero-order chi connectivity index (χ0) is 25.9. The monoisotopic (exact) mass is 517 g/mol. The number of nitrogens with zero attached hydrogens (tertiary/aromatic N) is 3. The van der Waals surface area contributed by atoms with Crippen LogP contribution in [0, 0.1) is 0 Å². The summed E-state index contributed by atoms with van der Waals surface area (Å²) in [6.07, 6.45) is 2.51. The highest BCUT2D eigenvalue weighted by Crippen LogP contribution is 2.30. The lowest BCUT2D eigenvalue weighted by Crippen LogP contribution is -2.18. The van der Waals surface area contributed by atoms with Crippen LogP contribution in [0.15, 0.2) is 67.3 Å². The van der Waals surface area contributed by atoms with Crippen LogP contribution in [0.5, 0.6) is 0 Å². The molecule has 1 unspecified atom stereocenters. The third kappa shape index (κ3) is 5.47. The lowest BCUT2D eigenvalue weighted by molar-refractivity contribution is -0.111. The largest absolute Gasteiger partial charge is 0.322 e. The lowest BCUT2D eigenvalue weighted by atomic mass is 10.2. The smallest absolute Gasteiger partial charge is 0.268 e. The molecule has 5 rings (SSSR count). The van der Waals surface area contributed by atoms with Gasteiger partial charge in [-0.05, 0) is 87.0 Å². The standard InChI is InChI=1S/C28H28FN5O2S/c1-3-26(35)30-20-7-6-8-21(16-20)34-23-10-9-19(17-33-13-4-5-14-33)15-22(23)31-28(34)32-27(36)25-12-11-24(37-25)18(2)29/h3,6-12,15-16,18H,1,4-5,13-14,17H2,2H3,(H,30,35)(H,31,32,36). The molecule has 0 saturated carbocycles. The summed E-state index contributed by atoms with van der Waals surface area (Å²) in [5.41, 5.74) is 4.03. The van der Waals surface area contributed by atoms with Crippen molar-refractivity contribution in [2.45, 2.75) is 32.5 Å². The van der Waals surface area contributed by atoms with Crippen molar-refractivity contribution in [2.24, 2.45) is 0 Å². The Morgan fingerprint density at radius 2 is 1.95 bits per heavy atom. The van der Waals surface area contributed by atoms with Crippen LogP contribution in [0.1, 0.15) is 46.0 Å². The van der Waals surface area contributed by atoms with E-state index in [0.717, 1.165) is 53.3 Å². The summed E-state index contributed by atoms with van der Waals surface area (Å²) in [7, 11) is 0. The van der Waals surface area contributed by atoms with Gasteiger partial charge in [-0.3, -0.25) is 24.4 Å². The first-order chi connectivity index (χ1) is 17.9. The Kier molecular flexibility index (Phi) is 7.16. The summed E-state index contributed by atoms with van der Waals surface area (Å²) in [5, 5.41) is 5.69. The predicted octanol–water partition coefficient (Wildman–Crippen LogP) is 6.09. The molecule has 2 aromatic heterocycles. The zero-order valence-electron chi connectivity index (χ0n) is 20.5. The van der Waals surface area contributed by atoms with Gasteiger partial charge in [0, 0.05) is 17.1 Å². The second-order valence-corrected chi connectivity index (χ2v) is 10.2. The normalized spacial score (nSPS) is 14.5. The fourth-order valence-corrected chi connectivity index (χ4v) is 5.37. The Labute approximate surface area is 218 Å². The van der Waals surface area contributed by atoms with Crippen LogP contribution in [0.3, 0.4) is 0 Å². The highest BCUT2D eigenvalue weighted by molar-refractivity contribution is 7.14. The number of hydrogen-bond donors (Lipinski definition) is 2. The van der Waals surface area contributed by atoms with Gasteiger partial charge in [-0.25, -0.2) is 9.37 Å². The molecule has 1 saturated heterocycles. The molecule has 1 fully saturated rings. The number of rotatable bonds is 8. The first-order valence-electron chi connectivity index (χ1n) is 12.2. The lowest BCUT2D eigenvalue weighted by Gasteiger charge is -2.14. The summed E-state index contributed by atoms with van der Waals surface area (Å²) in [4.78, 5) is 33.1. The quantitative estimate of drug-likeness (QED) is 0.277. The number of amides is 2. The molecule has 1 atom stereocenters. The fraction of sp³-hybridized carbons (Fsp3) is 0.250. The number of carbonyl (C=O) groups is 2. The van der Waals surface area contributed by atoms with Crippen LogP contribution in [0.25, 0.3) is 16.7 Å². The minimum absolute atomic E-state index is 0.316. The molecule has 3 heterocycles. The average molecular weight is 518 g/mol.